The van der Waals surface area contributed by atoms with Gasteiger partial charge in [0.2, 0.25) is 0 Å². The zero-order valence-corrected chi connectivity index (χ0v) is 13.1. The lowest BCUT2D eigenvalue weighted by molar-refractivity contribution is -0.0759. The van der Waals surface area contributed by atoms with E-state index >= 15 is 0 Å². The molecule has 0 aliphatic carbocycles. The normalized spacial score (nSPS) is 22.6. The first kappa shape index (κ1) is 14.8. The minimum absolute atomic E-state index is 0.165. The average Bonchev–Trinajstić information content (AvgIpc) is 3.19. The van der Waals surface area contributed by atoms with Crippen molar-refractivity contribution in [3.63, 3.8) is 0 Å². The Bertz CT molecular complexity index is 829. The molecule has 4 rings (SSSR count). The molecule has 10 nitrogen and oxygen atoms in total. The van der Waals surface area contributed by atoms with Gasteiger partial charge in [0.15, 0.2) is 11.5 Å². The summed E-state index contributed by atoms with van der Waals surface area (Å²) in [5.41, 5.74) is -0.490. The van der Waals surface area contributed by atoms with Gasteiger partial charge >= 0.3 is 11.7 Å². The van der Waals surface area contributed by atoms with Crippen LogP contribution in [0.1, 0.15) is 22.7 Å². The van der Waals surface area contributed by atoms with Crippen molar-refractivity contribution in [1.82, 2.24) is 24.7 Å². The standard InChI is InChI=1S/C14H16N6O4/c1-23-12(21)9-4-16-10(5-15-9)19-3-2-14(7-19)8-20-11(6-24-14)17-18-13(20)22/h4-5H,2-3,6-8H2,1H3,(H,18,22). The summed E-state index contributed by atoms with van der Waals surface area (Å²) in [5.74, 6) is 0.759. The Kier molecular flexibility index (Phi) is 3.34. The number of rotatable bonds is 2. The highest BCUT2D eigenvalue weighted by molar-refractivity contribution is 5.86. The van der Waals surface area contributed by atoms with Gasteiger partial charge in [0.1, 0.15) is 18.0 Å². The van der Waals surface area contributed by atoms with E-state index in [0.717, 1.165) is 13.0 Å². The topological polar surface area (TPSA) is 115 Å². The minimum atomic E-state index is -0.519. The van der Waals surface area contributed by atoms with Gasteiger partial charge in [0.05, 0.1) is 32.6 Å². The van der Waals surface area contributed by atoms with E-state index in [9.17, 15) is 9.59 Å². The number of carbonyl (C=O) groups is 1. The van der Waals surface area contributed by atoms with E-state index in [1.54, 1.807) is 10.8 Å². The zero-order valence-electron chi connectivity index (χ0n) is 13.1. The van der Waals surface area contributed by atoms with Crippen LogP contribution in [0.15, 0.2) is 17.2 Å². The highest BCUT2D eigenvalue weighted by atomic mass is 16.5. The second kappa shape index (κ2) is 5.41. The maximum atomic E-state index is 11.8. The molecule has 2 aliphatic heterocycles. The van der Waals surface area contributed by atoms with E-state index in [1.807, 2.05) is 4.90 Å². The first-order valence-electron chi connectivity index (χ1n) is 7.54. The third-order valence-corrected chi connectivity index (χ3v) is 4.46. The molecule has 2 aromatic rings. The number of nitrogens with zero attached hydrogens (tertiary/aromatic N) is 5. The molecule has 0 radical (unpaired) electrons. The second-order valence-corrected chi connectivity index (χ2v) is 5.93. The Morgan fingerprint density at radius 3 is 3.00 bits per heavy atom. The van der Waals surface area contributed by atoms with Gasteiger partial charge in [-0.05, 0) is 6.42 Å². The Hall–Kier alpha value is -2.75. The van der Waals surface area contributed by atoms with Crippen LogP contribution in [0.3, 0.4) is 0 Å². The molecule has 1 N–H and O–H groups in total. The van der Waals surface area contributed by atoms with Gasteiger partial charge in [-0.3, -0.25) is 4.57 Å². The van der Waals surface area contributed by atoms with Crippen LogP contribution in [0.4, 0.5) is 5.82 Å². The second-order valence-electron chi connectivity index (χ2n) is 5.93. The Balaban J connectivity index is 1.52. The highest BCUT2D eigenvalue weighted by Crippen LogP contribution is 2.32. The van der Waals surface area contributed by atoms with Crippen molar-refractivity contribution in [2.75, 3.05) is 25.1 Å². The van der Waals surface area contributed by atoms with Gasteiger partial charge in [-0.1, -0.05) is 0 Å². The van der Waals surface area contributed by atoms with Gasteiger partial charge in [-0.25, -0.2) is 24.7 Å². The van der Waals surface area contributed by atoms with Gasteiger partial charge in [0.25, 0.3) is 0 Å². The number of H-pyrrole nitrogens is 1. The molecule has 126 valence electrons. The molecule has 1 unspecified atom stereocenters. The Morgan fingerprint density at radius 1 is 1.38 bits per heavy atom. The molecule has 1 saturated heterocycles. The summed E-state index contributed by atoms with van der Waals surface area (Å²) in [4.78, 5) is 33.6. The third-order valence-electron chi connectivity index (χ3n) is 4.46. The first-order chi connectivity index (χ1) is 11.6. The van der Waals surface area contributed by atoms with Gasteiger partial charge in [0, 0.05) is 6.54 Å². The molecule has 24 heavy (non-hydrogen) atoms. The number of nitrogens with one attached hydrogen (secondary N) is 1. The molecule has 10 heteroatoms. The first-order valence-corrected chi connectivity index (χ1v) is 7.54. The summed E-state index contributed by atoms with van der Waals surface area (Å²) in [5, 5.41) is 6.39. The number of esters is 1. The molecular weight excluding hydrogens is 316 g/mol. The molecule has 0 aromatic carbocycles. The van der Waals surface area contributed by atoms with Crippen molar-refractivity contribution in [1.29, 1.82) is 0 Å². The fourth-order valence-electron chi connectivity index (χ4n) is 3.16. The van der Waals surface area contributed by atoms with Crippen molar-refractivity contribution in [3.8, 4) is 0 Å². The number of anilines is 1. The summed E-state index contributed by atoms with van der Waals surface area (Å²) in [6.45, 7) is 2.09. The summed E-state index contributed by atoms with van der Waals surface area (Å²) < 4.78 is 12.2. The van der Waals surface area contributed by atoms with Gasteiger partial charge < -0.3 is 14.4 Å². The quantitative estimate of drug-likeness (QED) is 0.720. The van der Waals surface area contributed by atoms with Crippen LogP contribution >= 0.6 is 0 Å². The molecule has 2 aliphatic rings. The van der Waals surface area contributed by atoms with E-state index in [2.05, 4.69) is 24.9 Å². The largest absolute Gasteiger partial charge is 0.464 e. The van der Waals surface area contributed by atoms with E-state index in [4.69, 9.17) is 4.74 Å². The zero-order chi connectivity index (χ0) is 16.7. The van der Waals surface area contributed by atoms with Crippen molar-refractivity contribution < 1.29 is 14.3 Å². The van der Waals surface area contributed by atoms with Gasteiger partial charge in [-0.15, -0.1) is 0 Å². The molecule has 0 amide bonds. The van der Waals surface area contributed by atoms with Crippen molar-refractivity contribution >= 4 is 11.8 Å². The predicted octanol–water partition coefficient (Wildman–Crippen LogP) is -0.673. The summed E-state index contributed by atoms with van der Waals surface area (Å²) in [6.07, 6.45) is 3.71. The molecule has 0 bridgehead atoms. The van der Waals surface area contributed by atoms with E-state index in [1.165, 1.54) is 13.3 Å². The van der Waals surface area contributed by atoms with Crippen LogP contribution < -0.4 is 10.6 Å². The minimum Gasteiger partial charge on any atom is -0.464 e. The van der Waals surface area contributed by atoms with Crippen molar-refractivity contribution in [2.24, 2.45) is 0 Å². The molecule has 2 aromatic heterocycles. The number of ether oxygens (including phenoxy) is 2. The Labute approximate surface area is 136 Å². The lowest BCUT2D eigenvalue weighted by Gasteiger charge is -2.33. The van der Waals surface area contributed by atoms with Crippen molar-refractivity contribution in [3.05, 3.63) is 34.4 Å². The fraction of sp³-hybridized carbons (Fsp3) is 0.500. The number of methoxy groups -OCH3 is 1. The number of aromatic nitrogens is 5. The molecule has 1 fully saturated rings. The molecule has 1 spiro atoms. The van der Waals surface area contributed by atoms with Crippen molar-refractivity contribution in [2.45, 2.75) is 25.2 Å². The van der Waals surface area contributed by atoms with Crippen LogP contribution in [0.2, 0.25) is 0 Å². The van der Waals surface area contributed by atoms with Crippen LogP contribution in [0, 0.1) is 0 Å². The number of carbonyl (C=O) groups excluding carboxylic acids is 1. The highest BCUT2D eigenvalue weighted by Gasteiger charge is 2.43. The molecule has 0 saturated carbocycles. The summed E-state index contributed by atoms with van der Waals surface area (Å²) >= 11 is 0. The van der Waals surface area contributed by atoms with Crippen LogP contribution in [-0.2, 0) is 22.6 Å². The monoisotopic (exact) mass is 332 g/mol. The Morgan fingerprint density at radius 2 is 2.25 bits per heavy atom. The van der Waals surface area contributed by atoms with Crippen LogP contribution in [-0.4, -0.2) is 56.5 Å². The lowest BCUT2D eigenvalue weighted by Crippen LogP contribution is -2.46. The van der Waals surface area contributed by atoms with E-state index in [0.29, 0.717) is 31.3 Å². The smallest absolute Gasteiger partial charge is 0.358 e. The van der Waals surface area contributed by atoms with Crippen LogP contribution in [0.25, 0.3) is 0 Å². The predicted molar refractivity (Wildman–Crippen MR) is 80.6 cm³/mol. The van der Waals surface area contributed by atoms with E-state index in [-0.39, 0.29) is 11.4 Å². The number of fused-ring (bicyclic) bond motifs is 1. The number of hydrogen-bond acceptors (Lipinski definition) is 8. The summed E-state index contributed by atoms with van der Waals surface area (Å²) in [7, 11) is 1.30. The SMILES string of the molecule is COC(=O)c1cnc(N2CCC3(C2)Cn2c(n[nH]c2=O)CO3)cn1. The fourth-order valence-corrected chi connectivity index (χ4v) is 3.16. The number of aromatic amines is 1. The number of hydrogen-bond donors (Lipinski definition) is 1. The summed E-state index contributed by atoms with van der Waals surface area (Å²) in [6, 6.07) is 0. The average molecular weight is 332 g/mol. The molecular formula is C14H16N6O4. The molecule has 1 atom stereocenters. The lowest BCUT2D eigenvalue weighted by atomic mass is 10.0. The third kappa shape index (κ3) is 2.35. The maximum absolute atomic E-state index is 11.8. The van der Waals surface area contributed by atoms with Crippen LogP contribution in [0.5, 0.6) is 0 Å². The molecule has 4 heterocycles. The van der Waals surface area contributed by atoms with E-state index < -0.39 is 11.6 Å². The van der Waals surface area contributed by atoms with Gasteiger partial charge in [-0.2, -0.15) is 5.10 Å². The maximum Gasteiger partial charge on any atom is 0.358 e.